The van der Waals surface area contributed by atoms with Crippen LogP contribution in [-0.2, 0) is 21.2 Å². The highest BCUT2D eigenvalue weighted by molar-refractivity contribution is 7.88. The zero-order chi connectivity index (χ0) is 22.7. The Kier molecular flexibility index (Phi) is 11.6. The van der Waals surface area contributed by atoms with Crippen molar-refractivity contribution < 1.29 is 27.7 Å². The molecular formula is C21H38N2O6S. The first-order valence-electron chi connectivity index (χ1n) is 10.2. The van der Waals surface area contributed by atoms with Crippen molar-refractivity contribution in [2.45, 2.75) is 45.3 Å². The number of nitrogens with two attached hydrogens (primary N) is 1. The fourth-order valence-corrected chi connectivity index (χ4v) is 3.61. The number of ether oxygens (including phenoxy) is 3. The summed E-state index contributed by atoms with van der Waals surface area (Å²) in [6.07, 6.45) is 2.22. The molecule has 174 valence electrons. The van der Waals surface area contributed by atoms with E-state index in [1.165, 1.54) is 0 Å². The summed E-state index contributed by atoms with van der Waals surface area (Å²) in [6.45, 7) is 5.30. The topological polar surface area (TPSA) is 120 Å². The summed E-state index contributed by atoms with van der Waals surface area (Å²) in [4.78, 5) is 0. The summed E-state index contributed by atoms with van der Waals surface area (Å²) < 4.78 is 41.1. The summed E-state index contributed by atoms with van der Waals surface area (Å²) in [5.74, 6) is 1.91. The van der Waals surface area contributed by atoms with Crippen LogP contribution >= 0.6 is 0 Å². The molecule has 0 saturated heterocycles. The van der Waals surface area contributed by atoms with Crippen molar-refractivity contribution in [1.29, 1.82) is 0 Å². The molecule has 0 bridgehead atoms. The van der Waals surface area contributed by atoms with Crippen LogP contribution in [0.2, 0.25) is 0 Å². The number of benzene rings is 1. The lowest BCUT2D eigenvalue weighted by atomic mass is 9.83. The molecule has 1 aromatic carbocycles. The first kappa shape index (κ1) is 26.6. The predicted octanol–water partition coefficient (Wildman–Crippen LogP) is 1.55. The molecular weight excluding hydrogens is 408 g/mol. The van der Waals surface area contributed by atoms with Crippen molar-refractivity contribution in [3.05, 3.63) is 23.8 Å². The van der Waals surface area contributed by atoms with Crippen molar-refractivity contribution in [3.8, 4) is 11.5 Å². The molecule has 0 aliphatic rings. The molecule has 0 heterocycles. The van der Waals surface area contributed by atoms with E-state index in [0.717, 1.165) is 24.7 Å². The molecule has 0 aromatic heterocycles. The SMILES string of the molecule is COCCCOc1cc(C[C@@H](C[C@H](N)[C@@H](O)CNS(C)(=O)=O)C(C)C)ccc1OC. The van der Waals surface area contributed by atoms with Crippen LogP contribution in [0.3, 0.4) is 0 Å². The lowest BCUT2D eigenvalue weighted by Crippen LogP contribution is -2.44. The van der Waals surface area contributed by atoms with Gasteiger partial charge < -0.3 is 25.1 Å². The molecule has 0 aliphatic carbocycles. The van der Waals surface area contributed by atoms with Gasteiger partial charge in [0.15, 0.2) is 11.5 Å². The molecule has 0 saturated carbocycles. The van der Waals surface area contributed by atoms with Crippen LogP contribution in [0.25, 0.3) is 0 Å². The largest absolute Gasteiger partial charge is 0.493 e. The molecule has 8 nitrogen and oxygen atoms in total. The van der Waals surface area contributed by atoms with Crippen molar-refractivity contribution in [3.63, 3.8) is 0 Å². The van der Waals surface area contributed by atoms with E-state index in [9.17, 15) is 13.5 Å². The first-order valence-corrected chi connectivity index (χ1v) is 12.1. The van der Waals surface area contributed by atoms with E-state index in [4.69, 9.17) is 19.9 Å². The Morgan fingerprint density at radius 1 is 1.17 bits per heavy atom. The summed E-state index contributed by atoms with van der Waals surface area (Å²) in [6, 6.07) is 5.34. The molecule has 1 aromatic rings. The first-order chi connectivity index (χ1) is 14.1. The van der Waals surface area contributed by atoms with E-state index in [0.29, 0.717) is 37.1 Å². The molecule has 0 spiro atoms. The number of hydrogen-bond acceptors (Lipinski definition) is 7. The van der Waals surface area contributed by atoms with Gasteiger partial charge >= 0.3 is 0 Å². The summed E-state index contributed by atoms with van der Waals surface area (Å²) in [5, 5.41) is 10.2. The van der Waals surface area contributed by atoms with E-state index in [1.807, 2.05) is 18.2 Å². The van der Waals surface area contributed by atoms with Crippen molar-refractivity contribution >= 4 is 10.0 Å². The van der Waals surface area contributed by atoms with Crippen molar-refractivity contribution in [1.82, 2.24) is 4.72 Å². The van der Waals surface area contributed by atoms with Gasteiger partial charge in [-0.2, -0.15) is 0 Å². The Labute approximate surface area is 181 Å². The average Bonchev–Trinajstić information content (AvgIpc) is 2.68. The number of aliphatic hydroxyl groups is 1. The van der Waals surface area contributed by atoms with Crippen molar-refractivity contribution in [2.75, 3.05) is 40.2 Å². The van der Waals surface area contributed by atoms with Gasteiger partial charge in [-0.05, 0) is 42.4 Å². The summed E-state index contributed by atoms with van der Waals surface area (Å²) in [7, 11) is -0.0993. The van der Waals surface area contributed by atoms with Crippen LogP contribution in [0.1, 0.15) is 32.3 Å². The number of aliphatic hydroxyl groups excluding tert-OH is 1. The van der Waals surface area contributed by atoms with Crippen LogP contribution < -0.4 is 19.9 Å². The summed E-state index contributed by atoms with van der Waals surface area (Å²) >= 11 is 0. The number of hydrogen-bond donors (Lipinski definition) is 3. The van der Waals surface area contributed by atoms with E-state index >= 15 is 0 Å². The second-order valence-electron chi connectivity index (χ2n) is 7.98. The molecule has 0 fully saturated rings. The zero-order valence-corrected chi connectivity index (χ0v) is 19.6. The lowest BCUT2D eigenvalue weighted by molar-refractivity contribution is 0.129. The van der Waals surface area contributed by atoms with E-state index in [1.54, 1.807) is 14.2 Å². The van der Waals surface area contributed by atoms with Gasteiger partial charge in [0.1, 0.15) is 0 Å². The van der Waals surface area contributed by atoms with Gasteiger partial charge in [-0.1, -0.05) is 19.9 Å². The molecule has 3 atom stereocenters. The van der Waals surface area contributed by atoms with Crippen LogP contribution in [0.5, 0.6) is 11.5 Å². The van der Waals surface area contributed by atoms with Gasteiger partial charge in [0, 0.05) is 32.7 Å². The van der Waals surface area contributed by atoms with Crippen LogP contribution in [0.15, 0.2) is 18.2 Å². The Balaban J connectivity index is 2.79. The lowest BCUT2D eigenvalue weighted by Gasteiger charge is -2.27. The molecule has 0 unspecified atom stereocenters. The minimum atomic E-state index is -3.37. The van der Waals surface area contributed by atoms with E-state index in [2.05, 4.69) is 18.6 Å². The van der Waals surface area contributed by atoms with Gasteiger partial charge in [0.2, 0.25) is 10.0 Å². The van der Waals surface area contributed by atoms with Gasteiger partial charge in [-0.15, -0.1) is 0 Å². The van der Waals surface area contributed by atoms with E-state index < -0.39 is 22.2 Å². The highest BCUT2D eigenvalue weighted by Crippen LogP contribution is 2.31. The Bertz CT molecular complexity index is 726. The highest BCUT2D eigenvalue weighted by atomic mass is 32.2. The number of methoxy groups -OCH3 is 2. The van der Waals surface area contributed by atoms with Gasteiger partial charge in [0.25, 0.3) is 0 Å². The highest BCUT2D eigenvalue weighted by Gasteiger charge is 2.23. The second kappa shape index (κ2) is 13.1. The van der Waals surface area contributed by atoms with Crippen LogP contribution in [-0.4, -0.2) is 65.9 Å². The third-order valence-corrected chi connectivity index (χ3v) is 5.73. The maximum atomic E-state index is 11.2. The predicted molar refractivity (Wildman–Crippen MR) is 118 cm³/mol. The molecule has 30 heavy (non-hydrogen) atoms. The standard InChI is InChI=1S/C21H38N2O6S/c1-15(2)17(13-18(22)19(24)14-23-30(5,25)26)11-16-7-8-20(28-4)21(12-16)29-10-6-9-27-3/h7-8,12,15,17-19,23-24H,6,9-11,13-14,22H2,1-5H3/t17-,18-,19-/m0/s1. The quantitative estimate of drug-likeness (QED) is 0.350. The van der Waals surface area contributed by atoms with E-state index in [-0.39, 0.29) is 12.5 Å². The maximum absolute atomic E-state index is 11.2. The van der Waals surface area contributed by atoms with Gasteiger partial charge in [-0.3, -0.25) is 0 Å². The molecule has 0 amide bonds. The molecule has 0 radical (unpaired) electrons. The van der Waals surface area contributed by atoms with Crippen LogP contribution in [0.4, 0.5) is 0 Å². The average molecular weight is 447 g/mol. The molecule has 9 heteroatoms. The minimum absolute atomic E-state index is 0.0905. The third-order valence-electron chi connectivity index (χ3n) is 5.04. The summed E-state index contributed by atoms with van der Waals surface area (Å²) in [5.41, 5.74) is 7.26. The Hall–Kier alpha value is -1.39. The molecule has 1 rings (SSSR count). The Morgan fingerprint density at radius 2 is 1.87 bits per heavy atom. The Morgan fingerprint density at radius 3 is 2.43 bits per heavy atom. The normalized spacial score (nSPS) is 15.1. The number of rotatable bonds is 15. The van der Waals surface area contributed by atoms with Crippen LogP contribution in [0, 0.1) is 11.8 Å². The molecule has 4 N–H and O–H groups in total. The van der Waals surface area contributed by atoms with Gasteiger partial charge in [0.05, 0.1) is 26.1 Å². The smallest absolute Gasteiger partial charge is 0.208 e. The maximum Gasteiger partial charge on any atom is 0.208 e. The monoisotopic (exact) mass is 446 g/mol. The fourth-order valence-electron chi connectivity index (χ4n) is 3.14. The fraction of sp³-hybridized carbons (Fsp3) is 0.714. The number of sulfonamides is 1. The molecule has 0 aliphatic heterocycles. The zero-order valence-electron chi connectivity index (χ0n) is 18.8. The number of nitrogens with one attached hydrogen (secondary N) is 1. The minimum Gasteiger partial charge on any atom is -0.493 e. The van der Waals surface area contributed by atoms with Crippen molar-refractivity contribution in [2.24, 2.45) is 17.6 Å². The second-order valence-corrected chi connectivity index (χ2v) is 9.81. The van der Waals surface area contributed by atoms with Gasteiger partial charge in [-0.25, -0.2) is 13.1 Å². The third kappa shape index (κ3) is 10.1.